The van der Waals surface area contributed by atoms with E-state index in [9.17, 15) is 25.2 Å². The van der Waals surface area contributed by atoms with Crippen molar-refractivity contribution in [1.29, 1.82) is 0 Å². The summed E-state index contributed by atoms with van der Waals surface area (Å²) in [5, 5.41) is 45.1. The van der Waals surface area contributed by atoms with Crippen molar-refractivity contribution in [3.8, 4) is 0 Å². The van der Waals surface area contributed by atoms with Crippen LogP contribution in [0, 0.1) is 34.0 Å². The SMILES string of the molecule is C=C1C(=O)[C@]23[C@H](O)[C@H]1CC[C@@H]2[C@@]12CO[C@@]3(O)[C@@H](O)[C@@H]1C(C)(C)CC[C@@H]2O. The first-order chi connectivity index (χ1) is 12.1. The van der Waals surface area contributed by atoms with Crippen LogP contribution in [-0.2, 0) is 9.53 Å². The molecule has 0 amide bonds. The largest absolute Gasteiger partial charge is 0.392 e. The van der Waals surface area contributed by atoms with Crippen LogP contribution in [0.2, 0.25) is 0 Å². The number of rotatable bonds is 0. The second-order valence-corrected chi connectivity index (χ2v) is 9.97. The summed E-state index contributed by atoms with van der Waals surface area (Å²) in [7, 11) is 0. The Bertz CT molecular complexity index is 717. The lowest BCUT2D eigenvalue weighted by Gasteiger charge is -2.74. The quantitative estimate of drug-likeness (QED) is 0.463. The van der Waals surface area contributed by atoms with Gasteiger partial charge in [-0.3, -0.25) is 4.79 Å². The first-order valence-corrected chi connectivity index (χ1v) is 9.71. The van der Waals surface area contributed by atoms with E-state index >= 15 is 0 Å². The van der Waals surface area contributed by atoms with Crippen LogP contribution >= 0.6 is 0 Å². The molecule has 2 aliphatic heterocycles. The molecule has 2 heterocycles. The Morgan fingerprint density at radius 2 is 1.81 bits per heavy atom. The van der Waals surface area contributed by atoms with E-state index in [1.807, 2.05) is 13.8 Å². The van der Waals surface area contributed by atoms with Gasteiger partial charge in [0.25, 0.3) is 0 Å². The van der Waals surface area contributed by atoms with Gasteiger partial charge in [-0.15, -0.1) is 0 Å². The maximum Gasteiger partial charge on any atom is 0.208 e. The molecule has 4 saturated carbocycles. The van der Waals surface area contributed by atoms with Crippen LogP contribution in [-0.4, -0.2) is 56.9 Å². The van der Waals surface area contributed by atoms with Crippen molar-refractivity contribution in [3.63, 3.8) is 0 Å². The zero-order valence-electron chi connectivity index (χ0n) is 15.3. The Morgan fingerprint density at radius 3 is 2.50 bits per heavy atom. The third kappa shape index (κ3) is 1.41. The third-order valence-electron chi connectivity index (χ3n) is 8.88. The van der Waals surface area contributed by atoms with Crippen LogP contribution in [0.4, 0.5) is 0 Å². The molecule has 2 spiro atoms. The van der Waals surface area contributed by atoms with Crippen molar-refractivity contribution >= 4 is 5.78 Å². The normalized spacial score (nSPS) is 59.9. The lowest BCUT2D eigenvalue weighted by molar-refractivity contribution is -0.458. The van der Waals surface area contributed by atoms with Gasteiger partial charge in [0.2, 0.25) is 5.79 Å². The molecule has 4 N–H and O–H groups in total. The second-order valence-electron chi connectivity index (χ2n) is 9.97. The van der Waals surface area contributed by atoms with Crippen molar-refractivity contribution in [1.82, 2.24) is 0 Å². The summed E-state index contributed by atoms with van der Waals surface area (Å²) in [4.78, 5) is 13.3. The molecule has 0 aromatic rings. The van der Waals surface area contributed by atoms with Crippen molar-refractivity contribution in [2.45, 2.75) is 63.6 Å². The van der Waals surface area contributed by atoms with E-state index in [-0.39, 0.29) is 12.0 Å². The number of hydrogen-bond acceptors (Lipinski definition) is 6. The fraction of sp³-hybridized carbons (Fsp3) is 0.850. The van der Waals surface area contributed by atoms with E-state index in [1.165, 1.54) is 0 Å². The molecule has 0 radical (unpaired) electrons. The molecular weight excluding hydrogens is 336 g/mol. The molecule has 4 bridgehead atoms. The molecule has 2 saturated heterocycles. The molecular formula is C20H28O6. The van der Waals surface area contributed by atoms with Gasteiger partial charge in [-0.2, -0.15) is 0 Å². The predicted molar refractivity (Wildman–Crippen MR) is 90.7 cm³/mol. The molecule has 4 aliphatic carbocycles. The maximum atomic E-state index is 13.3. The van der Waals surface area contributed by atoms with Gasteiger partial charge in [-0.05, 0) is 42.6 Å². The van der Waals surface area contributed by atoms with Crippen LogP contribution in [0.25, 0.3) is 0 Å². The number of aliphatic hydroxyl groups is 4. The van der Waals surface area contributed by atoms with Gasteiger partial charge >= 0.3 is 0 Å². The van der Waals surface area contributed by atoms with E-state index in [2.05, 4.69) is 6.58 Å². The molecule has 9 atom stereocenters. The second kappa shape index (κ2) is 4.61. The number of hydrogen-bond donors (Lipinski definition) is 4. The Kier molecular flexibility index (Phi) is 3.07. The van der Waals surface area contributed by atoms with Gasteiger partial charge in [-0.25, -0.2) is 0 Å². The zero-order chi connectivity index (χ0) is 18.9. The van der Waals surface area contributed by atoms with Crippen molar-refractivity contribution in [2.24, 2.45) is 34.0 Å². The molecule has 6 heteroatoms. The average molecular weight is 364 g/mol. The zero-order valence-corrected chi connectivity index (χ0v) is 15.3. The lowest BCUT2D eigenvalue weighted by Crippen LogP contribution is -2.85. The Morgan fingerprint density at radius 1 is 1.12 bits per heavy atom. The van der Waals surface area contributed by atoms with Crippen LogP contribution in [0.3, 0.4) is 0 Å². The van der Waals surface area contributed by atoms with E-state index < -0.39 is 58.5 Å². The highest BCUT2D eigenvalue weighted by molar-refractivity contribution is 6.05. The van der Waals surface area contributed by atoms with Crippen LogP contribution < -0.4 is 0 Å². The van der Waals surface area contributed by atoms with Crippen LogP contribution in [0.1, 0.15) is 39.5 Å². The molecule has 144 valence electrons. The standard InChI is InChI=1S/C20H28O6/c1-9-10-4-5-11-18-8-26-20(25,19(11,14(9)22)15(10)23)16(24)13(18)17(2,3)7-6-12(18)21/h10-13,15-16,21,23-25H,1,4-8H2,2-3H3/t10-,11+,12-,13+,15+,16-,18+,19-,20-/m0/s1. The highest BCUT2D eigenvalue weighted by atomic mass is 16.6. The third-order valence-corrected chi connectivity index (χ3v) is 8.88. The highest BCUT2D eigenvalue weighted by Gasteiger charge is 2.86. The fourth-order valence-corrected chi connectivity index (χ4v) is 7.90. The van der Waals surface area contributed by atoms with Gasteiger partial charge in [0.15, 0.2) is 5.78 Å². The Labute approximate surface area is 152 Å². The maximum absolute atomic E-state index is 13.3. The van der Waals surface area contributed by atoms with Crippen LogP contribution in [0.15, 0.2) is 12.2 Å². The highest BCUT2D eigenvalue weighted by Crippen LogP contribution is 2.76. The number of aliphatic hydroxyl groups excluding tert-OH is 3. The minimum Gasteiger partial charge on any atom is -0.392 e. The first-order valence-electron chi connectivity index (χ1n) is 9.71. The molecule has 0 aromatic heterocycles. The summed E-state index contributed by atoms with van der Waals surface area (Å²) < 4.78 is 5.80. The molecule has 6 nitrogen and oxygen atoms in total. The van der Waals surface area contributed by atoms with E-state index in [0.717, 1.165) is 6.42 Å². The van der Waals surface area contributed by atoms with Gasteiger partial charge in [0.05, 0.1) is 18.8 Å². The van der Waals surface area contributed by atoms with E-state index in [4.69, 9.17) is 4.74 Å². The summed E-state index contributed by atoms with van der Waals surface area (Å²) >= 11 is 0. The van der Waals surface area contributed by atoms with Crippen molar-refractivity contribution in [3.05, 3.63) is 12.2 Å². The molecule has 26 heavy (non-hydrogen) atoms. The summed E-state index contributed by atoms with van der Waals surface area (Å²) in [5.41, 5.74) is -2.49. The lowest BCUT2D eigenvalue weighted by atomic mass is 9.35. The smallest absolute Gasteiger partial charge is 0.208 e. The van der Waals surface area contributed by atoms with Gasteiger partial charge < -0.3 is 25.2 Å². The van der Waals surface area contributed by atoms with Crippen molar-refractivity contribution in [2.75, 3.05) is 6.61 Å². The van der Waals surface area contributed by atoms with Gasteiger partial charge in [0, 0.05) is 17.3 Å². The molecule has 6 fully saturated rings. The molecule has 0 aromatic carbocycles. The molecule has 0 unspecified atom stereocenters. The Hall–Kier alpha value is -0.790. The first kappa shape index (κ1) is 17.3. The summed E-state index contributed by atoms with van der Waals surface area (Å²) in [6.45, 7) is 8.07. The number of ether oxygens (including phenoxy) is 1. The number of ketones is 1. The average Bonchev–Trinajstić information content (AvgIpc) is 2.69. The predicted octanol–water partition coefficient (Wildman–Crippen LogP) is 0.376. The van der Waals surface area contributed by atoms with Crippen LogP contribution in [0.5, 0.6) is 0 Å². The van der Waals surface area contributed by atoms with Gasteiger partial charge in [-0.1, -0.05) is 20.4 Å². The number of Topliss-reactive ketones (excluding diaryl/α,β-unsaturated/α-hetero) is 1. The number of fused-ring (bicyclic) bond motifs is 2. The van der Waals surface area contributed by atoms with E-state index in [1.54, 1.807) is 0 Å². The minimum absolute atomic E-state index is 0.0966. The molecule has 6 rings (SSSR count). The summed E-state index contributed by atoms with van der Waals surface area (Å²) in [6.07, 6.45) is -0.747. The topological polar surface area (TPSA) is 107 Å². The Balaban J connectivity index is 1.81. The number of carbonyl (C=O) groups is 1. The van der Waals surface area contributed by atoms with Crippen molar-refractivity contribution < 1.29 is 30.0 Å². The summed E-state index contributed by atoms with van der Waals surface area (Å²) in [5.74, 6) is -3.80. The minimum atomic E-state index is -2.15. The number of carbonyl (C=O) groups excluding carboxylic acids is 1. The van der Waals surface area contributed by atoms with Gasteiger partial charge in [0.1, 0.15) is 11.5 Å². The molecule has 6 aliphatic rings. The fourth-order valence-electron chi connectivity index (χ4n) is 7.90. The van der Waals surface area contributed by atoms with E-state index in [0.29, 0.717) is 24.8 Å². The monoisotopic (exact) mass is 364 g/mol. The summed E-state index contributed by atoms with van der Waals surface area (Å²) in [6, 6.07) is 0.